The van der Waals surface area contributed by atoms with Crippen LogP contribution in [0.4, 0.5) is 0 Å². The lowest BCUT2D eigenvalue weighted by Crippen LogP contribution is -2.34. The quantitative estimate of drug-likeness (QED) is 0.0232. The number of ether oxygens (including phenoxy) is 2. The first-order chi connectivity index (χ1) is 26.6. The molecule has 12 heteroatoms. The van der Waals surface area contributed by atoms with Gasteiger partial charge >= 0.3 is 25.7 Å². The number of allylic oxidation sites excluding steroid dienone is 2. The summed E-state index contributed by atoms with van der Waals surface area (Å²) in [6, 6.07) is -1.52. The number of aliphatic carboxylic acids is 1. The van der Waals surface area contributed by atoms with Gasteiger partial charge in [-0.25, -0.2) is 4.57 Å². The van der Waals surface area contributed by atoms with Crippen LogP contribution in [-0.2, 0) is 37.5 Å². The highest BCUT2D eigenvalue weighted by Gasteiger charge is 2.28. The number of phosphoric acid groups is 1. The monoisotopic (exact) mass is 804 g/mol. The van der Waals surface area contributed by atoms with Crippen LogP contribution < -0.4 is 5.73 Å². The van der Waals surface area contributed by atoms with Crippen molar-refractivity contribution in [2.24, 2.45) is 5.73 Å². The minimum absolute atomic E-state index is 0.155. The molecular formula is C43H82NO10P. The van der Waals surface area contributed by atoms with Gasteiger partial charge in [-0.3, -0.25) is 23.4 Å². The molecule has 0 fully saturated rings. The van der Waals surface area contributed by atoms with Gasteiger partial charge in [0.2, 0.25) is 0 Å². The van der Waals surface area contributed by atoms with Gasteiger partial charge in [-0.15, -0.1) is 0 Å². The molecule has 0 amide bonds. The highest BCUT2D eigenvalue weighted by molar-refractivity contribution is 7.47. The van der Waals surface area contributed by atoms with E-state index in [1.165, 1.54) is 116 Å². The fraction of sp³-hybridized carbons (Fsp3) is 0.884. The highest BCUT2D eigenvalue weighted by Crippen LogP contribution is 2.43. The van der Waals surface area contributed by atoms with Crippen molar-refractivity contribution in [2.75, 3.05) is 19.8 Å². The molecule has 0 radical (unpaired) electrons. The van der Waals surface area contributed by atoms with Crippen molar-refractivity contribution in [2.45, 2.75) is 225 Å². The Bertz CT molecular complexity index is 995. The summed E-state index contributed by atoms with van der Waals surface area (Å²) in [6.07, 6.45) is 38.4. The zero-order chi connectivity index (χ0) is 40.7. The SMILES string of the molecule is CCCCCCCCC/C=C\CCCCCCCC(=O)O[C@H](COC(=O)CCCCCCCCCCCCCCCCC)COP(=O)(O)OC[C@H](N)C(=O)O. The van der Waals surface area contributed by atoms with Crippen LogP contribution in [0.1, 0.15) is 213 Å². The number of carboxylic acids is 1. The summed E-state index contributed by atoms with van der Waals surface area (Å²) in [6.45, 7) is 2.81. The van der Waals surface area contributed by atoms with E-state index in [0.717, 1.165) is 57.8 Å². The standard InChI is InChI=1S/C43H82NO10P/c1-3-5-7-9-11-13-15-17-19-21-23-25-27-29-31-33-35-42(46)54-39(37-52-55(49,50)53-38-40(44)43(47)48)36-51-41(45)34-32-30-28-26-24-22-20-18-16-14-12-10-8-6-4-2/h19,21,39-40H,3-18,20,22-38,44H2,1-2H3,(H,47,48)(H,49,50)/b21-19-/t39-,40+/m1/s1. The molecule has 55 heavy (non-hydrogen) atoms. The van der Waals surface area contributed by atoms with E-state index in [2.05, 4.69) is 30.5 Å². The van der Waals surface area contributed by atoms with E-state index in [4.69, 9.17) is 24.8 Å². The molecule has 0 aliphatic rings. The molecule has 0 saturated carbocycles. The Morgan fingerprint density at radius 3 is 1.33 bits per heavy atom. The second-order valence-corrected chi connectivity index (χ2v) is 16.6. The predicted octanol–water partition coefficient (Wildman–Crippen LogP) is 11.7. The van der Waals surface area contributed by atoms with E-state index in [-0.39, 0.29) is 19.4 Å². The van der Waals surface area contributed by atoms with Crippen LogP contribution in [0.25, 0.3) is 0 Å². The number of carbonyl (C=O) groups is 3. The van der Waals surface area contributed by atoms with Crippen LogP contribution in [-0.4, -0.2) is 59.9 Å². The van der Waals surface area contributed by atoms with E-state index in [1.54, 1.807) is 0 Å². The van der Waals surface area contributed by atoms with Crippen LogP contribution in [0, 0.1) is 0 Å². The van der Waals surface area contributed by atoms with Crippen LogP contribution in [0.5, 0.6) is 0 Å². The fourth-order valence-corrected chi connectivity index (χ4v) is 7.02. The van der Waals surface area contributed by atoms with Crippen molar-refractivity contribution in [1.29, 1.82) is 0 Å². The summed E-state index contributed by atoms with van der Waals surface area (Å²) in [5, 5.41) is 8.89. The summed E-state index contributed by atoms with van der Waals surface area (Å²) in [5.41, 5.74) is 5.33. The van der Waals surface area contributed by atoms with Crippen molar-refractivity contribution in [3.05, 3.63) is 12.2 Å². The molecule has 0 spiro atoms. The number of hydrogen-bond acceptors (Lipinski definition) is 9. The Morgan fingerprint density at radius 2 is 0.909 bits per heavy atom. The third kappa shape index (κ3) is 38.9. The number of rotatable bonds is 42. The van der Waals surface area contributed by atoms with Gasteiger partial charge in [-0.1, -0.05) is 174 Å². The first-order valence-electron chi connectivity index (χ1n) is 22.2. The van der Waals surface area contributed by atoms with E-state index >= 15 is 0 Å². The van der Waals surface area contributed by atoms with E-state index in [9.17, 15) is 23.8 Å². The van der Waals surface area contributed by atoms with Crippen molar-refractivity contribution >= 4 is 25.7 Å². The third-order valence-corrected chi connectivity index (χ3v) is 10.7. The zero-order valence-corrected chi connectivity index (χ0v) is 35.9. The molecule has 0 heterocycles. The molecule has 0 bridgehead atoms. The summed E-state index contributed by atoms with van der Waals surface area (Å²) in [5.74, 6) is -2.38. The lowest BCUT2D eigenvalue weighted by atomic mass is 10.0. The van der Waals surface area contributed by atoms with Gasteiger partial charge in [0.15, 0.2) is 6.10 Å². The number of hydrogen-bond donors (Lipinski definition) is 3. The Kier molecular flexibility index (Phi) is 37.8. The first kappa shape index (κ1) is 53.2. The Hall–Kier alpha value is -1.78. The second kappa shape index (κ2) is 39.1. The number of unbranched alkanes of at least 4 members (excludes halogenated alkanes) is 26. The normalized spacial score (nSPS) is 13.8. The average molecular weight is 804 g/mol. The molecule has 4 N–H and O–H groups in total. The van der Waals surface area contributed by atoms with Crippen molar-refractivity contribution < 1.29 is 47.5 Å². The molecule has 0 aromatic carbocycles. The maximum Gasteiger partial charge on any atom is 0.472 e. The Balaban J connectivity index is 4.34. The summed E-state index contributed by atoms with van der Waals surface area (Å²) in [4.78, 5) is 45.9. The topological polar surface area (TPSA) is 172 Å². The Morgan fingerprint density at radius 1 is 0.545 bits per heavy atom. The maximum atomic E-state index is 12.6. The molecule has 0 aromatic heterocycles. The van der Waals surface area contributed by atoms with Crippen molar-refractivity contribution in [3.8, 4) is 0 Å². The maximum absolute atomic E-state index is 12.6. The van der Waals surface area contributed by atoms with E-state index < -0.39 is 51.1 Å². The smallest absolute Gasteiger partial charge is 0.472 e. The van der Waals surface area contributed by atoms with Crippen molar-refractivity contribution in [1.82, 2.24) is 0 Å². The largest absolute Gasteiger partial charge is 0.480 e. The second-order valence-electron chi connectivity index (χ2n) is 15.2. The van der Waals surface area contributed by atoms with Crippen LogP contribution in [0.2, 0.25) is 0 Å². The summed E-state index contributed by atoms with van der Waals surface area (Å²) >= 11 is 0. The van der Waals surface area contributed by atoms with Gasteiger partial charge < -0.3 is 25.2 Å². The minimum atomic E-state index is -4.71. The van der Waals surface area contributed by atoms with Gasteiger partial charge in [-0.2, -0.15) is 0 Å². The van der Waals surface area contributed by atoms with E-state index in [0.29, 0.717) is 12.8 Å². The molecular weight excluding hydrogens is 721 g/mol. The molecule has 0 aromatic rings. The predicted molar refractivity (Wildman–Crippen MR) is 222 cm³/mol. The lowest BCUT2D eigenvalue weighted by Gasteiger charge is -2.20. The van der Waals surface area contributed by atoms with Gasteiger partial charge in [0.1, 0.15) is 12.6 Å². The summed E-state index contributed by atoms with van der Waals surface area (Å²) < 4.78 is 32.7. The van der Waals surface area contributed by atoms with Crippen LogP contribution in [0.15, 0.2) is 12.2 Å². The molecule has 0 saturated heterocycles. The Labute approximate surface area is 335 Å². The van der Waals surface area contributed by atoms with Crippen molar-refractivity contribution in [3.63, 3.8) is 0 Å². The molecule has 0 rings (SSSR count). The molecule has 3 atom stereocenters. The lowest BCUT2D eigenvalue weighted by molar-refractivity contribution is -0.161. The van der Waals surface area contributed by atoms with Gasteiger partial charge in [0, 0.05) is 12.8 Å². The minimum Gasteiger partial charge on any atom is -0.480 e. The molecule has 0 aliphatic heterocycles. The summed E-state index contributed by atoms with van der Waals surface area (Å²) in [7, 11) is -4.71. The number of esters is 2. The number of phosphoric ester groups is 1. The van der Waals surface area contributed by atoms with Crippen LogP contribution >= 0.6 is 7.82 Å². The van der Waals surface area contributed by atoms with Gasteiger partial charge in [0.05, 0.1) is 13.2 Å². The van der Waals surface area contributed by atoms with Gasteiger partial charge in [-0.05, 0) is 38.5 Å². The van der Waals surface area contributed by atoms with Crippen LogP contribution in [0.3, 0.4) is 0 Å². The zero-order valence-electron chi connectivity index (χ0n) is 35.0. The number of carboxylic acid groups (broad SMARTS) is 1. The number of carbonyl (C=O) groups excluding carboxylic acids is 2. The molecule has 11 nitrogen and oxygen atoms in total. The molecule has 0 aliphatic carbocycles. The highest BCUT2D eigenvalue weighted by atomic mass is 31.2. The first-order valence-corrected chi connectivity index (χ1v) is 23.7. The number of nitrogens with two attached hydrogens (primary N) is 1. The van der Waals surface area contributed by atoms with Gasteiger partial charge in [0.25, 0.3) is 0 Å². The average Bonchev–Trinajstić information content (AvgIpc) is 3.16. The molecule has 1 unspecified atom stereocenters. The fourth-order valence-electron chi connectivity index (χ4n) is 6.24. The molecule has 324 valence electrons. The third-order valence-electron chi connectivity index (χ3n) is 9.76. The van der Waals surface area contributed by atoms with E-state index in [1.807, 2.05) is 0 Å².